The van der Waals surface area contributed by atoms with Gasteiger partial charge in [-0.2, -0.15) is 0 Å². The van der Waals surface area contributed by atoms with Gasteiger partial charge in [0.25, 0.3) is 0 Å². The van der Waals surface area contributed by atoms with E-state index in [1.165, 1.54) is 7.11 Å². The van der Waals surface area contributed by atoms with Crippen LogP contribution in [0.1, 0.15) is 26.2 Å². The van der Waals surface area contributed by atoms with Gasteiger partial charge in [-0.3, -0.25) is 9.59 Å². The third kappa shape index (κ3) is 2.05. The molecule has 1 saturated carbocycles. The van der Waals surface area contributed by atoms with Crippen LogP contribution in [-0.2, 0) is 14.3 Å². The summed E-state index contributed by atoms with van der Waals surface area (Å²) in [7, 11) is 1.31. The molecule has 3 atom stereocenters. The average molecular weight is 200 g/mol. The van der Waals surface area contributed by atoms with Crippen LogP contribution in [0.3, 0.4) is 0 Å². The Morgan fingerprint density at radius 2 is 2.00 bits per heavy atom. The molecule has 1 aliphatic rings. The van der Waals surface area contributed by atoms with Crippen molar-refractivity contribution in [3.05, 3.63) is 0 Å². The first kappa shape index (κ1) is 11.0. The van der Waals surface area contributed by atoms with Gasteiger partial charge in [0.05, 0.1) is 18.9 Å². The van der Waals surface area contributed by atoms with Crippen molar-refractivity contribution in [1.29, 1.82) is 0 Å². The largest absolute Gasteiger partial charge is 0.481 e. The van der Waals surface area contributed by atoms with Gasteiger partial charge < -0.3 is 9.84 Å². The van der Waals surface area contributed by atoms with Gasteiger partial charge in [-0.1, -0.05) is 13.3 Å². The highest BCUT2D eigenvalue weighted by molar-refractivity contribution is 5.81. The molecule has 0 aromatic heterocycles. The molecule has 1 aliphatic carbocycles. The van der Waals surface area contributed by atoms with E-state index < -0.39 is 17.8 Å². The number of carbonyl (C=O) groups excluding carboxylic acids is 1. The fourth-order valence-electron chi connectivity index (χ4n) is 2.25. The Kier molecular flexibility index (Phi) is 3.49. The van der Waals surface area contributed by atoms with Crippen molar-refractivity contribution in [2.45, 2.75) is 26.2 Å². The highest BCUT2D eigenvalue weighted by Gasteiger charge is 2.40. The van der Waals surface area contributed by atoms with E-state index in [2.05, 4.69) is 4.74 Å². The van der Waals surface area contributed by atoms with Crippen molar-refractivity contribution in [3.8, 4) is 0 Å². The zero-order valence-electron chi connectivity index (χ0n) is 8.53. The van der Waals surface area contributed by atoms with E-state index in [-0.39, 0.29) is 11.9 Å². The summed E-state index contributed by atoms with van der Waals surface area (Å²) in [5.74, 6) is -2.24. The standard InChI is InChI=1S/C10H16O4/c1-6-4-3-5-7(10(13)14-2)8(6)9(11)12/h6-8H,3-5H2,1-2H3,(H,11,12)/t6-,7-,8+/m0/s1. The summed E-state index contributed by atoms with van der Waals surface area (Å²) >= 11 is 0. The quantitative estimate of drug-likeness (QED) is 0.682. The number of rotatable bonds is 2. The fraction of sp³-hybridized carbons (Fsp3) is 0.800. The maximum atomic E-state index is 11.3. The number of aliphatic carboxylic acids is 1. The summed E-state index contributed by atoms with van der Waals surface area (Å²) in [6, 6.07) is 0. The molecule has 0 radical (unpaired) electrons. The number of carboxylic acids is 1. The number of ether oxygens (including phenoxy) is 1. The van der Waals surface area contributed by atoms with E-state index in [0.717, 1.165) is 12.8 Å². The second kappa shape index (κ2) is 4.44. The first-order valence-corrected chi connectivity index (χ1v) is 4.88. The third-order valence-electron chi connectivity index (χ3n) is 3.01. The summed E-state index contributed by atoms with van der Waals surface area (Å²) < 4.78 is 4.62. The van der Waals surface area contributed by atoms with Gasteiger partial charge in [-0.05, 0) is 18.8 Å². The third-order valence-corrected chi connectivity index (χ3v) is 3.01. The highest BCUT2D eigenvalue weighted by atomic mass is 16.5. The maximum absolute atomic E-state index is 11.3. The van der Waals surface area contributed by atoms with E-state index in [9.17, 15) is 9.59 Å². The second-order valence-corrected chi connectivity index (χ2v) is 3.90. The first-order chi connectivity index (χ1) is 6.57. The van der Waals surface area contributed by atoms with Crippen LogP contribution in [0.15, 0.2) is 0 Å². The van der Waals surface area contributed by atoms with Gasteiger partial charge in [-0.25, -0.2) is 0 Å². The Balaban J connectivity index is 2.79. The van der Waals surface area contributed by atoms with Gasteiger partial charge in [0.1, 0.15) is 0 Å². The number of hydrogen-bond acceptors (Lipinski definition) is 3. The normalized spacial score (nSPS) is 32.3. The van der Waals surface area contributed by atoms with Gasteiger partial charge in [0, 0.05) is 0 Å². The molecule has 14 heavy (non-hydrogen) atoms. The molecule has 1 fully saturated rings. The summed E-state index contributed by atoms with van der Waals surface area (Å²) in [5.41, 5.74) is 0. The van der Waals surface area contributed by atoms with Crippen LogP contribution in [0, 0.1) is 17.8 Å². The van der Waals surface area contributed by atoms with Gasteiger partial charge in [0.15, 0.2) is 0 Å². The maximum Gasteiger partial charge on any atom is 0.309 e. The molecule has 0 aromatic rings. The first-order valence-electron chi connectivity index (χ1n) is 4.88. The fourth-order valence-corrected chi connectivity index (χ4v) is 2.25. The molecule has 0 aliphatic heterocycles. The van der Waals surface area contributed by atoms with Crippen molar-refractivity contribution >= 4 is 11.9 Å². The van der Waals surface area contributed by atoms with Gasteiger partial charge in [-0.15, -0.1) is 0 Å². The molecule has 0 amide bonds. The smallest absolute Gasteiger partial charge is 0.309 e. The minimum Gasteiger partial charge on any atom is -0.481 e. The Morgan fingerprint density at radius 1 is 1.36 bits per heavy atom. The lowest BCUT2D eigenvalue weighted by Crippen LogP contribution is -2.38. The molecule has 0 unspecified atom stereocenters. The SMILES string of the molecule is COC(=O)[C@H]1CCC[C@H](C)[C@H]1C(=O)O. The van der Waals surface area contributed by atoms with Crippen LogP contribution >= 0.6 is 0 Å². The Labute approximate surface area is 83.2 Å². The van der Waals surface area contributed by atoms with Gasteiger partial charge >= 0.3 is 11.9 Å². The van der Waals surface area contributed by atoms with Crippen molar-refractivity contribution in [2.75, 3.05) is 7.11 Å². The Bertz CT molecular complexity index is 236. The minimum absolute atomic E-state index is 0.0605. The number of methoxy groups -OCH3 is 1. The van der Waals surface area contributed by atoms with Gasteiger partial charge in [0.2, 0.25) is 0 Å². The molecule has 0 heterocycles. The molecular formula is C10H16O4. The molecule has 0 aromatic carbocycles. The predicted molar refractivity (Wildman–Crippen MR) is 49.6 cm³/mol. The Morgan fingerprint density at radius 3 is 2.50 bits per heavy atom. The van der Waals surface area contributed by atoms with Crippen LogP contribution in [0.25, 0.3) is 0 Å². The van der Waals surface area contributed by atoms with Crippen LogP contribution in [0.2, 0.25) is 0 Å². The zero-order chi connectivity index (χ0) is 10.7. The topological polar surface area (TPSA) is 63.6 Å². The molecule has 0 spiro atoms. The minimum atomic E-state index is -0.882. The van der Waals surface area contributed by atoms with E-state index in [1.54, 1.807) is 0 Å². The van der Waals surface area contributed by atoms with E-state index in [4.69, 9.17) is 5.11 Å². The molecule has 0 bridgehead atoms. The van der Waals surface area contributed by atoms with Crippen molar-refractivity contribution < 1.29 is 19.4 Å². The summed E-state index contributed by atoms with van der Waals surface area (Å²) in [4.78, 5) is 22.3. The van der Waals surface area contributed by atoms with E-state index in [0.29, 0.717) is 6.42 Å². The number of carbonyl (C=O) groups is 2. The summed E-state index contributed by atoms with van der Waals surface area (Å²) in [5, 5.41) is 9.02. The molecule has 1 rings (SSSR count). The lowest BCUT2D eigenvalue weighted by molar-refractivity contribution is -0.160. The molecule has 1 N–H and O–H groups in total. The lowest BCUT2D eigenvalue weighted by Gasteiger charge is -2.31. The number of carboxylic acid groups (broad SMARTS) is 1. The van der Waals surface area contributed by atoms with Crippen LogP contribution in [0.5, 0.6) is 0 Å². The van der Waals surface area contributed by atoms with Crippen LogP contribution in [0.4, 0.5) is 0 Å². The highest BCUT2D eigenvalue weighted by Crippen LogP contribution is 2.35. The average Bonchev–Trinajstić information content (AvgIpc) is 2.15. The predicted octanol–water partition coefficient (Wildman–Crippen LogP) is 1.30. The zero-order valence-corrected chi connectivity index (χ0v) is 8.53. The number of hydrogen-bond donors (Lipinski definition) is 1. The van der Waals surface area contributed by atoms with E-state index >= 15 is 0 Å². The Hall–Kier alpha value is -1.06. The van der Waals surface area contributed by atoms with Crippen LogP contribution in [-0.4, -0.2) is 24.2 Å². The molecule has 80 valence electrons. The van der Waals surface area contributed by atoms with Crippen molar-refractivity contribution in [3.63, 3.8) is 0 Å². The lowest BCUT2D eigenvalue weighted by atomic mass is 9.73. The molecular weight excluding hydrogens is 184 g/mol. The number of esters is 1. The summed E-state index contributed by atoms with van der Waals surface area (Å²) in [6.45, 7) is 1.88. The molecule has 4 nitrogen and oxygen atoms in total. The van der Waals surface area contributed by atoms with E-state index in [1.807, 2.05) is 6.92 Å². The summed E-state index contributed by atoms with van der Waals surface area (Å²) in [6.07, 6.45) is 2.42. The monoisotopic (exact) mass is 200 g/mol. The van der Waals surface area contributed by atoms with Crippen LogP contribution < -0.4 is 0 Å². The molecule has 0 saturated heterocycles. The van der Waals surface area contributed by atoms with Crippen molar-refractivity contribution in [1.82, 2.24) is 0 Å². The molecule has 4 heteroatoms. The van der Waals surface area contributed by atoms with Crippen molar-refractivity contribution in [2.24, 2.45) is 17.8 Å². The second-order valence-electron chi connectivity index (χ2n) is 3.90.